The molecular weight excluding hydrogens is 430 g/mol. The lowest BCUT2D eigenvalue weighted by Gasteiger charge is -2.22. The van der Waals surface area contributed by atoms with Crippen molar-refractivity contribution >= 4 is 52.3 Å². The van der Waals surface area contributed by atoms with Crippen molar-refractivity contribution in [2.75, 3.05) is 23.3 Å². The zero-order valence-corrected chi connectivity index (χ0v) is 18.4. The summed E-state index contributed by atoms with van der Waals surface area (Å²) in [6.07, 6.45) is 5.38. The first-order chi connectivity index (χ1) is 15.1. The van der Waals surface area contributed by atoms with Gasteiger partial charge in [-0.15, -0.1) is 0 Å². The lowest BCUT2D eigenvalue weighted by molar-refractivity contribution is -0.115. The number of carbonyl (C=O) groups excluding carboxylic acids is 1. The van der Waals surface area contributed by atoms with E-state index in [0.717, 1.165) is 30.0 Å². The molecule has 0 spiro atoms. The van der Waals surface area contributed by atoms with Crippen molar-refractivity contribution in [2.45, 2.75) is 12.8 Å². The van der Waals surface area contributed by atoms with Gasteiger partial charge in [-0.25, -0.2) is 0 Å². The van der Waals surface area contributed by atoms with Crippen LogP contribution in [0.15, 0.2) is 71.2 Å². The van der Waals surface area contributed by atoms with Crippen molar-refractivity contribution in [1.29, 1.82) is 0 Å². The molecule has 0 unspecified atom stereocenters. The van der Waals surface area contributed by atoms with Crippen LogP contribution in [0, 0.1) is 0 Å². The molecule has 0 saturated carbocycles. The lowest BCUT2D eigenvalue weighted by atomic mass is 10.2. The van der Waals surface area contributed by atoms with Crippen LogP contribution in [-0.2, 0) is 4.79 Å². The number of benzene rings is 2. The summed E-state index contributed by atoms with van der Waals surface area (Å²) in [6.45, 7) is 2.06. The van der Waals surface area contributed by atoms with Crippen LogP contribution in [0.2, 0.25) is 5.02 Å². The monoisotopic (exact) mass is 451 g/mol. The van der Waals surface area contributed by atoms with Crippen molar-refractivity contribution in [3.63, 3.8) is 0 Å². The highest BCUT2D eigenvalue weighted by Gasteiger charge is 2.16. The molecule has 5 nitrogen and oxygen atoms in total. The highest BCUT2D eigenvalue weighted by atomic mass is 35.5. The van der Waals surface area contributed by atoms with E-state index in [2.05, 4.69) is 21.6 Å². The molecule has 1 amide bonds. The van der Waals surface area contributed by atoms with Gasteiger partial charge in [-0.05, 0) is 79.7 Å². The first kappa shape index (κ1) is 21.2. The summed E-state index contributed by atoms with van der Waals surface area (Å²) >= 11 is 11.2. The molecule has 2 N–H and O–H groups in total. The number of carbonyl (C=O) groups is 1. The fourth-order valence-electron chi connectivity index (χ4n) is 3.49. The topological polar surface area (TPSA) is 57.5 Å². The minimum atomic E-state index is -0.333. The van der Waals surface area contributed by atoms with Gasteiger partial charge in [0, 0.05) is 29.8 Å². The first-order valence-corrected chi connectivity index (χ1v) is 10.9. The number of hydrogen-bond donors (Lipinski definition) is 2. The Morgan fingerprint density at radius 3 is 2.55 bits per heavy atom. The van der Waals surface area contributed by atoms with Crippen LogP contribution in [0.1, 0.15) is 18.6 Å². The molecule has 0 atom stereocenters. The fourth-order valence-corrected chi connectivity index (χ4v) is 3.83. The highest BCUT2D eigenvalue weighted by Crippen LogP contribution is 2.28. The van der Waals surface area contributed by atoms with E-state index in [9.17, 15) is 4.79 Å². The zero-order chi connectivity index (χ0) is 21.6. The average molecular weight is 452 g/mol. The number of rotatable bonds is 5. The van der Waals surface area contributed by atoms with Gasteiger partial charge in [-0.2, -0.15) is 0 Å². The minimum absolute atomic E-state index is 0.252. The van der Waals surface area contributed by atoms with Gasteiger partial charge in [0.05, 0.1) is 11.4 Å². The average Bonchev–Trinajstić information content (AvgIpc) is 3.46. The Balaban J connectivity index is 1.34. The molecule has 1 aromatic heterocycles. The minimum Gasteiger partial charge on any atom is -0.457 e. The van der Waals surface area contributed by atoms with Crippen LogP contribution in [0.5, 0.6) is 0 Å². The summed E-state index contributed by atoms with van der Waals surface area (Å²) in [6, 6.07) is 19.0. The van der Waals surface area contributed by atoms with E-state index in [1.54, 1.807) is 24.3 Å². The second kappa shape index (κ2) is 9.81. The number of thiocarbonyl (C=S) groups is 1. The summed E-state index contributed by atoms with van der Waals surface area (Å²) in [5.74, 6) is 0.936. The van der Waals surface area contributed by atoms with Gasteiger partial charge in [-0.1, -0.05) is 23.7 Å². The van der Waals surface area contributed by atoms with E-state index < -0.39 is 0 Å². The third kappa shape index (κ3) is 5.54. The van der Waals surface area contributed by atoms with Crippen LogP contribution in [0.3, 0.4) is 0 Å². The largest absolute Gasteiger partial charge is 0.457 e. The van der Waals surface area contributed by atoms with E-state index >= 15 is 0 Å². The molecule has 4 rings (SSSR count). The second-order valence-electron chi connectivity index (χ2n) is 7.20. The normalized spacial score (nSPS) is 13.5. The zero-order valence-electron chi connectivity index (χ0n) is 16.8. The molecule has 158 valence electrons. The van der Waals surface area contributed by atoms with Crippen LogP contribution in [-0.4, -0.2) is 24.1 Å². The number of nitrogens with zero attached hydrogens (tertiary/aromatic N) is 1. The third-order valence-electron chi connectivity index (χ3n) is 4.99. The number of para-hydroxylation sites is 2. The molecule has 1 aliphatic heterocycles. The summed E-state index contributed by atoms with van der Waals surface area (Å²) in [5.41, 5.74) is 2.89. The Kier molecular flexibility index (Phi) is 6.70. The summed E-state index contributed by atoms with van der Waals surface area (Å²) in [4.78, 5) is 14.6. The number of anilines is 2. The van der Waals surface area contributed by atoms with Crippen molar-refractivity contribution in [2.24, 2.45) is 0 Å². The van der Waals surface area contributed by atoms with Gasteiger partial charge in [0.2, 0.25) is 5.91 Å². The maximum absolute atomic E-state index is 12.3. The molecular formula is C24H22ClN3O2S. The number of furan rings is 1. The maximum atomic E-state index is 12.3. The van der Waals surface area contributed by atoms with Gasteiger partial charge in [0.25, 0.3) is 0 Å². The van der Waals surface area contributed by atoms with E-state index in [1.165, 1.54) is 18.9 Å². The molecule has 0 aliphatic carbocycles. The number of hydrogen-bond acceptors (Lipinski definition) is 4. The first-order valence-electron chi connectivity index (χ1n) is 10.1. The van der Waals surface area contributed by atoms with E-state index in [0.29, 0.717) is 16.5 Å². The standard InChI is InChI=1S/C24H22ClN3O2S/c25-18-9-7-17(8-10-18)22-13-11-19(30-22)12-14-23(29)27-24(31)26-20-5-1-2-6-21(20)28-15-3-4-16-28/h1-2,5-14H,3-4,15-16H2,(H2,26,27,29,31). The Hall–Kier alpha value is -3.09. The Morgan fingerprint density at radius 2 is 1.77 bits per heavy atom. The lowest BCUT2D eigenvalue weighted by Crippen LogP contribution is -2.33. The van der Waals surface area contributed by atoms with Crippen molar-refractivity contribution < 1.29 is 9.21 Å². The Labute approximate surface area is 191 Å². The molecule has 0 radical (unpaired) electrons. The van der Waals surface area contributed by atoms with Gasteiger partial charge >= 0.3 is 0 Å². The van der Waals surface area contributed by atoms with E-state index in [-0.39, 0.29) is 11.0 Å². The maximum Gasteiger partial charge on any atom is 0.250 e. The smallest absolute Gasteiger partial charge is 0.250 e. The molecule has 2 heterocycles. The predicted molar refractivity (Wildman–Crippen MR) is 130 cm³/mol. The van der Waals surface area contributed by atoms with Crippen LogP contribution in [0.4, 0.5) is 11.4 Å². The molecule has 0 bridgehead atoms. The molecule has 7 heteroatoms. The Morgan fingerprint density at radius 1 is 1.03 bits per heavy atom. The highest BCUT2D eigenvalue weighted by molar-refractivity contribution is 7.80. The predicted octanol–water partition coefficient (Wildman–Crippen LogP) is 5.73. The molecule has 1 fully saturated rings. The van der Waals surface area contributed by atoms with Crippen LogP contribution in [0.25, 0.3) is 17.4 Å². The Bertz CT molecular complexity index is 1100. The van der Waals surface area contributed by atoms with E-state index in [4.69, 9.17) is 28.2 Å². The van der Waals surface area contributed by atoms with Crippen LogP contribution < -0.4 is 15.5 Å². The molecule has 31 heavy (non-hydrogen) atoms. The molecule has 2 aromatic carbocycles. The summed E-state index contributed by atoms with van der Waals surface area (Å²) in [5, 5.41) is 6.74. The molecule has 1 saturated heterocycles. The van der Waals surface area contributed by atoms with Gasteiger partial charge in [0.1, 0.15) is 11.5 Å². The molecule has 1 aliphatic rings. The summed E-state index contributed by atoms with van der Waals surface area (Å²) < 4.78 is 5.77. The quantitative estimate of drug-likeness (QED) is 0.383. The van der Waals surface area contributed by atoms with Crippen LogP contribution >= 0.6 is 23.8 Å². The molecule has 3 aromatic rings. The van der Waals surface area contributed by atoms with Gasteiger partial charge < -0.3 is 14.6 Å². The third-order valence-corrected chi connectivity index (χ3v) is 5.45. The fraction of sp³-hybridized carbons (Fsp3) is 0.167. The SMILES string of the molecule is O=C(C=Cc1ccc(-c2ccc(Cl)cc2)o1)NC(=S)Nc1ccccc1N1CCCC1. The second-order valence-corrected chi connectivity index (χ2v) is 8.04. The number of nitrogens with one attached hydrogen (secondary N) is 2. The summed E-state index contributed by atoms with van der Waals surface area (Å²) in [7, 11) is 0. The van der Waals surface area contributed by atoms with Crippen molar-refractivity contribution in [3.8, 4) is 11.3 Å². The van der Waals surface area contributed by atoms with Crippen molar-refractivity contribution in [3.05, 3.63) is 77.5 Å². The van der Waals surface area contributed by atoms with Gasteiger partial charge in [-0.3, -0.25) is 10.1 Å². The van der Waals surface area contributed by atoms with Gasteiger partial charge in [0.15, 0.2) is 5.11 Å². The number of amides is 1. The van der Waals surface area contributed by atoms with Crippen molar-refractivity contribution in [1.82, 2.24) is 5.32 Å². The van der Waals surface area contributed by atoms with E-state index in [1.807, 2.05) is 36.4 Å². The number of halogens is 1.